The van der Waals surface area contributed by atoms with Crippen LogP contribution in [-0.4, -0.2) is 4.98 Å². The van der Waals surface area contributed by atoms with E-state index in [9.17, 15) is 4.79 Å². The maximum atomic E-state index is 12.4. The zero-order valence-corrected chi connectivity index (χ0v) is 14.7. The van der Waals surface area contributed by atoms with Gasteiger partial charge < -0.3 is 4.98 Å². The molecular weight excluding hydrogens is 246 g/mol. The molecule has 114 valence electrons. The van der Waals surface area contributed by atoms with E-state index >= 15 is 0 Å². The molecule has 1 rings (SSSR count). The number of pyridine rings is 1. The molecule has 0 saturated carbocycles. The van der Waals surface area contributed by atoms with E-state index in [1.807, 2.05) is 6.20 Å². The molecule has 0 unspecified atom stereocenters. The summed E-state index contributed by atoms with van der Waals surface area (Å²) in [6.07, 6.45) is 2.72. The Hall–Kier alpha value is -1.05. The van der Waals surface area contributed by atoms with Crippen LogP contribution in [0, 0.1) is 5.41 Å². The minimum absolute atomic E-state index is 0.0272. The second-order valence-electron chi connectivity index (χ2n) is 9.12. The van der Waals surface area contributed by atoms with Gasteiger partial charge in [0.1, 0.15) is 0 Å². The van der Waals surface area contributed by atoms with Crippen molar-refractivity contribution in [2.24, 2.45) is 5.41 Å². The summed E-state index contributed by atoms with van der Waals surface area (Å²) in [6, 6.07) is 0. The van der Waals surface area contributed by atoms with E-state index in [2.05, 4.69) is 67.3 Å². The van der Waals surface area contributed by atoms with E-state index in [-0.39, 0.29) is 21.8 Å². The highest BCUT2D eigenvalue weighted by Gasteiger charge is 2.30. The Bertz CT molecular complexity index is 530. The number of aromatic amines is 1. The first-order chi connectivity index (χ1) is 8.73. The normalized spacial score (nSPS) is 13.7. The van der Waals surface area contributed by atoms with Gasteiger partial charge in [0, 0.05) is 11.8 Å². The lowest BCUT2D eigenvalue weighted by Crippen LogP contribution is -2.31. The standard InChI is InChI=1S/C18H31NO/c1-16(2,3)10-12-14(18(7,8)9)13(17(4,5)6)11-19-15(12)20/h11H,10H2,1-9H3,(H,19,20). The van der Waals surface area contributed by atoms with Crippen molar-refractivity contribution in [3.05, 3.63) is 33.2 Å². The van der Waals surface area contributed by atoms with Crippen molar-refractivity contribution >= 4 is 0 Å². The van der Waals surface area contributed by atoms with Gasteiger partial charge in [-0.3, -0.25) is 4.79 Å². The van der Waals surface area contributed by atoms with E-state index < -0.39 is 0 Å². The monoisotopic (exact) mass is 277 g/mol. The quantitative estimate of drug-likeness (QED) is 0.802. The third kappa shape index (κ3) is 3.97. The predicted molar refractivity (Wildman–Crippen MR) is 87.6 cm³/mol. The molecule has 0 amide bonds. The number of H-pyrrole nitrogens is 1. The lowest BCUT2D eigenvalue weighted by molar-refractivity contribution is 0.401. The summed E-state index contributed by atoms with van der Waals surface area (Å²) in [7, 11) is 0. The molecule has 0 radical (unpaired) electrons. The van der Waals surface area contributed by atoms with E-state index in [4.69, 9.17) is 0 Å². The smallest absolute Gasteiger partial charge is 0.251 e. The van der Waals surface area contributed by atoms with Gasteiger partial charge in [-0.15, -0.1) is 0 Å². The first kappa shape index (κ1) is 17.0. The second-order valence-corrected chi connectivity index (χ2v) is 9.12. The van der Waals surface area contributed by atoms with Gasteiger partial charge in [0.25, 0.3) is 5.56 Å². The van der Waals surface area contributed by atoms with Crippen molar-refractivity contribution in [2.75, 3.05) is 0 Å². The molecule has 0 aliphatic carbocycles. The van der Waals surface area contributed by atoms with E-state index in [0.717, 1.165) is 12.0 Å². The topological polar surface area (TPSA) is 32.9 Å². The first-order valence-electron chi connectivity index (χ1n) is 7.49. The summed E-state index contributed by atoms with van der Waals surface area (Å²) < 4.78 is 0. The SMILES string of the molecule is CC(C)(C)Cc1c(C(C)(C)C)c(C(C)(C)C)c[nH]c1=O. The first-order valence-corrected chi connectivity index (χ1v) is 7.49. The number of aromatic nitrogens is 1. The maximum Gasteiger partial charge on any atom is 0.251 e. The van der Waals surface area contributed by atoms with Crippen molar-refractivity contribution in [3.8, 4) is 0 Å². The van der Waals surface area contributed by atoms with Crippen molar-refractivity contribution in [1.82, 2.24) is 4.98 Å². The highest BCUT2D eigenvalue weighted by Crippen LogP contribution is 2.36. The molecule has 2 heteroatoms. The van der Waals surface area contributed by atoms with Gasteiger partial charge in [-0.2, -0.15) is 0 Å². The highest BCUT2D eigenvalue weighted by molar-refractivity contribution is 5.41. The third-order valence-corrected chi connectivity index (χ3v) is 3.46. The molecule has 20 heavy (non-hydrogen) atoms. The summed E-state index contributed by atoms with van der Waals surface area (Å²) >= 11 is 0. The molecule has 1 aromatic rings. The van der Waals surface area contributed by atoms with Crippen molar-refractivity contribution in [2.45, 2.75) is 79.6 Å². The molecule has 0 aliphatic rings. The molecule has 0 aromatic carbocycles. The molecule has 2 nitrogen and oxygen atoms in total. The maximum absolute atomic E-state index is 12.4. The summed E-state index contributed by atoms with van der Waals surface area (Å²) in [5, 5.41) is 0. The number of rotatable bonds is 1. The van der Waals surface area contributed by atoms with Crippen molar-refractivity contribution in [1.29, 1.82) is 0 Å². The largest absolute Gasteiger partial charge is 0.329 e. The lowest BCUT2D eigenvalue weighted by Gasteiger charge is -2.33. The van der Waals surface area contributed by atoms with Crippen LogP contribution in [0.5, 0.6) is 0 Å². The average molecular weight is 277 g/mol. The van der Waals surface area contributed by atoms with Gasteiger partial charge in [-0.25, -0.2) is 0 Å². The molecule has 0 spiro atoms. The molecule has 1 aromatic heterocycles. The fourth-order valence-corrected chi connectivity index (χ4v) is 2.72. The van der Waals surface area contributed by atoms with Crippen LogP contribution in [0.15, 0.2) is 11.0 Å². The Balaban J connectivity index is 3.69. The molecule has 1 heterocycles. The minimum atomic E-state index is -0.0303. The fourth-order valence-electron chi connectivity index (χ4n) is 2.72. The number of hydrogen-bond donors (Lipinski definition) is 1. The Morgan fingerprint density at radius 3 is 1.75 bits per heavy atom. The molecule has 1 N–H and O–H groups in total. The van der Waals surface area contributed by atoms with Gasteiger partial charge in [-0.05, 0) is 33.8 Å². The molecule has 0 fully saturated rings. The molecular formula is C18H31NO. The molecule has 0 atom stereocenters. The van der Waals surface area contributed by atoms with Gasteiger partial charge in [0.2, 0.25) is 0 Å². The molecule has 0 saturated heterocycles. The Kier molecular flexibility index (Phi) is 4.29. The number of nitrogens with one attached hydrogen (secondary N) is 1. The van der Waals surface area contributed by atoms with Crippen LogP contribution in [0.1, 0.15) is 79.0 Å². The summed E-state index contributed by atoms with van der Waals surface area (Å²) in [5.74, 6) is 0. The average Bonchev–Trinajstić information content (AvgIpc) is 2.15. The van der Waals surface area contributed by atoms with Crippen molar-refractivity contribution < 1.29 is 0 Å². The zero-order chi connectivity index (χ0) is 15.9. The van der Waals surface area contributed by atoms with Crippen LogP contribution >= 0.6 is 0 Å². The van der Waals surface area contributed by atoms with Crippen molar-refractivity contribution in [3.63, 3.8) is 0 Å². The summed E-state index contributed by atoms with van der Waals surface area (Å²) in [6.45, 7) is 19.8. The predicted octanol–water partition coefficient (Wildman–Crippen LogP) is 4.56. The third-order valence-electron chi connectivity index (χ3n) is 3.46. The minimum Gasteiger partial charge on any atom is -0.329 e. The molecule has 0 aliphatic heterocycles. The van der Waals surface area contributed by atoms with Gasteiger partial charge in [0.15, 0.2) is 0 Å². The molecule has 0 bridgehead atoms. The summed E-state index contributed by atoms with van der Waals surface area (Å²) in [4.78, 5) is 15.3. The number of hydrogen-bond acceptors (Lipinski definition) is 1. The zero-order valence-electron chi connectivity index (χ0n) is 14.7. The summed E-state index contributed by atoms with van der Waals surface area (Å²) in [5.41, 5.74) is 3.60. The van der Waals surface area contributed by atoms with E-state index in [1.165, 1.54) is 11.1 Å². The highest BCUT2D eigenvalue weighted by atomic mass is 16.1. The Labute approximate surface area is 124 Å². The van der Waals surface area contributed by atoms with Gasteiger partial charge in [0.05, 0.1) is 0 Å². The van der Waals surface area contributed by atoms with Crippen LogP contribution in [0.2, 0.25) is 0 Å². The van der Waals surface area contributed by atoms with Crippen LogP contribution < -0.4 is 5.56 Å². The Morgan fingerprint density at radius 2 is 1.40 bits per heavy atom. The fraction of sp³-hybridized carbons (Fsp3) is 0.722. The Morgan fingerprint density at radius 1 is 0.900 bits per heavy atom. The second kappa shape index (κ2) is 5.05. The van der Waals surface area contributed by atoms with Gasteiger partial charge >= 0.3 is 0 Å². The van der Waals surface area contributed by atoms with Crippen LogP contribution in [0.25, 0.3) is 0 Å². The van der Waals surface area contributed by atoms with Crippen LogP contribution in [0.3, 0.4) is 0 Å². The van der Waals surface area contributed by atoms with Crippen LogP contribution in [0.4, 0.5) is 0 Å². The lowest BCUT2D eigenvalue weighted by atomic mass is 9.72. The van der Waals surface area contributed by atoms with Crippen LogP contribution in [-0.2, 0) is 17.3 Å². The van der Waals surface area contributed by atoms with E-state index in [0.29, 0.717) is 0 Å². The van der Waals surface area contributed by atoms with E-state index in [1.54, 1.807) is 0 Å². The van der Waals surface area contributed by atoms with Gasteiger partial charge in [-0.1, -0.05) is 62.3 Å².